The number of hydrogen-bond donors (Lipinski definition) is 2. The second-order valence-corrected chi connectivity index (χ2v) is 9.01. The quantitative estimate of drug-likeness (QED) is 0.227. The molecule has 0 fully saturated rings. The smallest absolute Gasteiger partial charge is 0.548 e. The summed E-state index contributed by atoms with van der Waals surface area (Å²) in [6, 6.07) is 5.24. The van der Waals surface area contributed by atoms with Crippen LogP contribution in [0.3, 0.4) is 0 Å². The molecule has 0 radical (unpaired) electrons. The molecule has 0 aliphatic carbocycles. The summed E-state index contributed by atoms with van der Waals surface area (Å²) in [5.41, 5.74) is 0.726. The fourth-order valence-corrected chi connectivity index (χ4v) is 3.98. The molecule has 0 aromatic heterocycles. The van der Waals surface area contributed by atoms with E-state index in [-0.39, 0.29) is 47.6 Å². The average Bonchev–Trinajstić information content (AvgIpc) is 2.77. The summed E-state index contributed by atoms with van der Waals surface area (Å²) in [5.74, 6) is -1.41. The molecule has 1 rings (SSSR count). The maximum absolute atomic E-state index is 12.1. The van der Waals surface area contributed by atoms with E-state index >= 15 is 0 Å². The van der Waals surface area contributed by atoms with Gasteiger partial charge in [0.05, 0.1) is 12.0 Å². The predicted octanol–water partition coefficient (Wildman–Crippen LogP) is 2.43. The van der Waals surface area contributed by atoms with Gasteiger partial charge in [0.15, 0.2) is 0 Å². The molecule has 0 bridgehead atoms. The summed E-state index contributed by atoms with van der Waals surface area (Å²) in [6.07, 6.45) is 19.5. The number of unbranched alkanes of at least 4 members (excludes halogenated alkanes) is 14. The Labute approximate surface area is 223 Å². The molecule has 2 N–H and O–H groups in total. The summed E-state index contributed by atoms with van der Waals surface area (Å²) in [5, 5.41) is 23.2. The van der Waals surface area contributed by atoms with Crippen LogP contribution in [0.4, 0.5) is 0 Å². The zero-order valence-electron chi connectivity index (χ0n) is 21.1. The van der Waals surface area contributed by atoms with Gasteiger partial charge in [0, 0.05) is 6.42 Å². The van der Waals surface area contributed by atoms with Crippen LogP contribution in [0, 0.1) is 0 Å². The molecule has 1 atom stereocenters. The first-order valence-corrected chi connectivity index (χ1v) is 12.8. The van der Waals surface area contributed by atoms with Gasteiger partial charge in [-0.25, -0.2) is 0 Å². The van der Waals surface area contributed by atoms with E-state index in [1.54, 1.807) is 12.1 Å². The number of benzene rings is 1. The maximum Gasteiger partial charge on any atom is 1.00 e. The molecule has 0 aliphatic rings. The van der Waals surface area contributed by atoms with E-state index in [0.29, 0.717) is 6.42 Å². The number of carbonyl (C=O) groups is 2. The van der Waals surface area contributed by atoms with Crippen molar-refractivity contribution < 1.29 is 49.4 Å². The van der Waals surface area contributed by atoms with Crippen molar-refractivity contribution in [3.8, 4) is 5.75 Å². The number of aliphatic carboxylic acids is 1. The van der Waals surface area contributed by atoms with Gasteiger partial charge >= 0.3 is 29.6 Å². The second-order valence-electron chi connectivity index (χ2n) is 9.01. The van der Waals surface area contributed by atoms with E-state index in [0.717, 1.165) is 24.8 Å². The number of amides is 1. The van der Waals surface area contributed by atoms with E-state index in [1.165, 1.54) is 89.2 Å². The van der Waals surface area contributed by atoms with Crippen molar-refractivity contribution >= 4 is 11.9 Å². The molecule has 1 amide bonds. The molecule has 0 saturated carbocycles. The van der Waals surface area contributed by atoms with Crippen LogP contribution < -0.4 is 40.0 Å². The summed E-state index contributed by atoms with van der Waals surface area (Å²) in [6.45, 7) is 2.26. The first kappa shape index (κ1) is 32.0. The Kier molecular flexibility index (Phi) is 20.8. The zero-order chi connectivity index (χ0) is 23.4. The number of carbonyl (C=O) groups excluding carboxylic acids is 2. The normalized spacial score (nSPS) is 11.5. The molecule has 0 unspecified atom stereocenters. The monoisotopic (exact) mass is 469 g/mol. The van der Waals surface area contributed by atoms with Crippen LogP contribution in [0.25, 0.3) is 0 Å². The van der Waals surface area contributed by atoms with Gasteiger partial charge < -0.3 is 20.3 Å². The van der Waals surface area contributed by atoms with Crippen molar-refractivity contribution in [3.63, 3.8) is 0 Å². The molecular formula is C27H44NNaO4. The van der Waals surface area contributed by atoms with Crippen LogP contribution >= 0.6 is 0 Å². The van der Waals surface area contributed by atoms with Crippen molar-refractivity contribution in [2.75, 3.05) is 0 Å². The van der Waals surface area contributed by atoms with Gasteiger partial charge in [0.25, 0.3) is 0 Å². The van der Waals surface area contributed by atoms with Gasteiger partial charge in [0.2, 0.25) is 5.91 Å². The SMILES string of the molecule is CCCCCCCCCCCCCCCCCC(=O)N[C@H](Cc1ccc(O)cc1)C(=O)[O-].[Na+]. The summed E-state index contributed by atoms with van der Waals surface area (Å²) >= 11 is 0. The minimum atomic E-state index is -1.29. The number of aromatic hydroxyl groups is 1. The number of carboxylic acid groups (broad SMARTS) is 1. The number of rotatable bonds is 20. The van der Waals surface area contributed by atoms with Crippen LogP contribution in [0.1, 0.15) is 115 Å². The Bertz CT molecular complexity index is 621. The molecule has 0 saturated heterocycles. The van der Waals surface area contributed by atoms with Crippen LogP contribution in [-0.4, -0.2) is 23.0 Å². The van der Waals surface area contributed by atoms with Crippen LogP contribution in [-0.2, 0) is 16.0 Å². The molecule has 1 aromatic rings. The van der Waals surface area contributed by atoms with Gasteiger partial charge in [0.1, 0.15) is 5.75 Å². The van der Waals surface area contributed by atoms with Crippen molar-refractivity contribution in [1.29, 1.82) is 0 Å². The molecule has 0 aliphatic heterocycles. The molecule has 182 valence electrons. The van der Waals surface area contributed by atoms with E-state index in [1.807, 2.05) is 0 Å². The van der Waals surface area contributed by atoms with Gasteiger partial charge in [-0.1, -0.05) is 109 Å². The number of phenols is 1. The Hall–Kier alpha value is -1.04. The molecule has 1 aromatic carbocycles. The van der Waals surface area contributed by atoms with Crippen LogP contribution in [0.2, 0.25) is 0 Å². The van der Waals surface area contributed by atoms with Crippen molar-refractivity contribution in [2.45, 2.75) is 122 Å². The van der Waals surface area contributed by atoms with Crippen LogP contribution in [0.15, 0.2) is 24.3 Å². The maximum atomic E-state index is 12.1. The number of carboxylic acids is 1. The second kappa shape index (κ2) is 21.5. The standard InChI is InChI=1S/C27H45NO4.Na/c1-2-3-4-5-6-7-8-9-10-11-12-13-14-15-16-17-26(30)28-25(27(31)32)22-23-18-20-24(29)21-19-23;/h18-21,25,29H,2-17,22H2,1H3,(H,28,30)(H,31,32);/q;+1/p-1/t25-;/m1./s1. The van der Waals surface area contributed by atoms with Gasteiger partial charge in [-0.15, -0.1) is 0 Å². The zero-order valence-corrected chi connectivity index (χ0v) is 23.1. The van der Waals surface area contributed by atoms with E-state index in [4.69, 9.17) is 0 Å². The Morgan fingerprint density at radius 2 is 1.21 bits per heavy atom. The molecule has 0 spiro atoms. The van der Waals surface area contributed by atoms with Gasteiger partial charge in [-0.2, -0.15) is 0 Å². The number of hydrogen-bond acceptors (Lipinski definition) is 4. The van der Waals surface area contributed by atoms with Crippen molar-refractivity contribution in [1.82, 2.24) is 5.32 Å². The fraction of sp³-hybridized carbons (Fsp3) is 0.704. The molecule has 0 heterocycles. The Morgan fingerprint density at radius 1 is 0.788 bits per heavy atom. The van der Waals surface area contributed by atoms with Crippen LogP contribution in [0.5, 0.6) is 5.75 Å². The Morgan fingerprint density at radius 3 is 1.64 bits per heavy atom. The predicted molar refractivity (Wildman–Crippen MR) is 128 cm³/mol. The average molecular weight is 470 g/mol. The van der Waals surface area contributed by atoms with Crippen molar-refractivity contribution in [2.24, 2.45) is 0 Å². The van der Waals surface area contributed by atoms with Crippen molar-refractivity contribution in [3.05, 3.63) is 29.8 Å². The minimum Gasteiger partial charge on any atom is -0.548 e. The van der Waals surface area contributed by atoms with Gasteiger partial charge in [-0.3, -0.25) is 4.79 Å². The van der Waals surface area contributed by atoms with E-state index < -0.39 is 12.0 Å². The molecule has 33 heavy (non-hydrogen) atoms. The summed E-state index contributed by atoms with van der Waals surface area (Å²) < 4.78 is 0. The minimum absolute atomic E-state index is 0. The molecule has 6 heteroatoms. The number of nitrogens with one attached hydrogen (secondary N) is 1. The van der Waals surface area contributed by atoms with E-state index in [9.17, 15) is 19.8 Å². The third kappa shape index (κ3) is 18.0. The third-order valence-electron chi connectivity index (χ3n) is 6.00. The fourth-order valence-electron chi connectivity index (χ4n) is 3.98. The first-order chi connectivity index (χ1) is 15.5. The number of phenolic OH excluding ortho intramolecular Hbond substituents is 1. The summed E-state index contributed by atoms with van der Waals surface area (Å²) in [4.78, 5) is 23.4. The molecule has 5 nitrogen and oxygen atoms in total. The first-order valence-electron chi connectivity index (χ1n) is 12.8. The molecular weight excluding hydrogens is 425 g/mol. The Balaban J connectivity index is 0.0000102. The third-order valence-corrected chi connectivity index (χ3v) is 6.00. The largest absolute Gasteiger partial charge is 1.00 e. The van der Waals surface area contributed by atoms with Gasteiger partial charge in [-0.05, 0) is 30.5 Å². The topological polar surface area (TPSA) is 89.5 Å². The summed E-state index contributed by atoms with van der Waals surface area (Å²) in [7, 11) is 0. The van der Waals surface area contributed by atoms with E-state index in [2.05, 4.69) is 12.2 Å².